The highest BCUT2D eigenvalue weighted by molar-refractivity contribution is 5.55. The van der Waals surface area contributed by atoms with E-state index in [4.69, 9.17) is 14.7 Å². The maximum absolute atomic E-state index is 10.8. The van der Waals surface area contributed by atoms with Crippen LogP contribution in [0.3, 0.4) is 0 Å². The lowest BCUT2D eigenvalue weighted by Gasteiger charge is -2.49. The fourth-order valence-electron chi connectivity index (χ4n) is 5.85. The van der Waals surface area contributed by atoms with Gasteiger partial charge in [0.25, 0.3) is 0 Å². The molecule has 2 saturated carbocycles. The Labute approximate surface area is 196 Å². The summed E-state index contributed by atoms with van der Waals surface area (Å²) in [5, 5.41) is 24.9. The third kappa shape index (κ3) is 6.14. The number of ether oxygens (including phenoxy) is 1. The van der Waals surface area contributed by atoms with Crippen molar-refractivity contribution in [2.24, 2.45) is 17.8 Å². The molecule has 6 unspecified atom stereocenters. The fraction of sp³-hybridized carbons (Fsp3) is 0.708. The molecular formula is C24H39N7O2. The average molecular weight is 458 g/mol. The van der Waals surface area contributed by atoms with Crippen molar-refractivity contribution in [2.45, 2.75) is 71.1 Å². The van der Waals surface area contributed by atoms with Gasteiger partial charge in [-0.1, -0.05) is 6.92 Å². The standard InChI is InChI=1S/C24H39N7O2/c1-14-7-17-9-18(12-24(4,32)11-17)22(14)28-23-26-19(25-20-8-15(2)29-30-20)10-21(27-23)33-16(3)13-31(5)6/h8,10,14,16-18,22,32H,7,9,11-13H2,1-6H3,(H3,25,26,27,28,29,30). The molecule has 2 aliphatic rings. The van der Waals surface area contributed by atoms with E-state index in [0.717, 1.165) is 37.9 Å². The number of anilines is 3. The van der Waals surface area contributed by atoms with Gasteiger partial charge in [-0.15, -0.1) is 0 Å². The molecule has 2 bridgehead atoms. The second kappa shape index (κ2) is 9.46. The van der Waals surface area contributed by atoms with E-state index < -0.39 is 5.60 Å². The van der Waals surface area contributed by atoms with Gasteiger partial charge in [-0.05, 0) is 78.3 Å². The molecule has 9 nitrogen and oxygen atoms in total. The van der Waals surface area contributed by atoms with Crippen molar-refractivity contribution in [3.8, 4) is 5.88 Å². The van der Waals surface area contributed by atoms with Gasteiger partial charge in [0, 0.05) is 30.4 Å². The van der Waals surface area contributed by atoms with Gasteiger partial charge in [0.05, 0.1) is 5.60 Å². The van der Waals surface area contributed by atoms with Crippen LogP contribution in [-0.4, -0.2) is 68.6 Å². The van der Waals surface area contributed by atoms with Crippen molar-refractivity contribution >= 4 is 17.6 Å². The topological polar surface area (TPSA) is 111 Å². The third-order valence-corrected chi connectivity index (χ3v) is 6.80. The number of fused-ring (bicyclic) bond motifs is 2. The lowest BCUT2D eigenvalue weighted by molar-refractivity contribution is -0.0502. The summed E-state index contributed by atoms with van der Waals surface area (Å²) in [6.45, 7) is 9.05. The van der Waals surface area contributed by atoms with Crippen LogP contribution in [0, 0.1) is 24.7 Å². The molecule has 0 saturated heterocycles. The van der Waals surface area contributed by atoms with Crippen LogP contribution in [0.1, 0.15) is 52.1 Å². The molecule has 2 heterocycles. The summed E-state index contributed by atoms with van der Waals surface area (Å²) in [6, 6.07) is 3.95. The molecule has 0 aromatic carbocycles. The zero-order valence-corrected chi connectivity index (χ0v) is 20.7. The first kappa shape index (κ1) is 23.8. The monoisotopic (exact) mass is 457 g/mol. The maximum atomic E-state index is 10.8. The first-order valence-electron chi connectivity index (χ1n) is 12.0. The summed E-state index contributed by atoms with van der Waals surface area (Å²) in [5.74, 6) is 3.86. The number of aromatic amines is 1. The van der Waals surface area contributed by atoms with Gasteiger partial charge in [-0.25, -0.2) is 0 Å². The smallest absolute Gasteiger partial charge is 0.228 e. The number of likely N-dealkylation sites (N-methyl/N-ethyl adjacent to an activating group) is 1. The number of hydrogen-bond donors (Lipinski definition) is 4. The molecule has 0 amide bonds. The average Bonchev–Trinajstić information content (AvgIpc) is 3.07. The molecule has 4 rings (SSSR count). The molecule has 2 aliphatic carbocycles. The SMILES string of the molecule is Cc1cc(Nc2cc(OC(C)CN(C)C)nc(NC3C(C)CC4CC3CC(C)(O)C4)n2)n[nH]1. The number of H-pyrrole nitrogens is 1. The highest BCUT2D eigenvalue weighted by atomic mass is 16.5. The Bertz CT molecular complexity index is 943. The van der Waals surface area contributed by atoms with Gasteiger partial charge in [-0.2, -0.15) is 15.1 Å². The summed E-state index contributed by atoms with van der Waals surface area (Å²) >= 11 is 0. The molecule has 9 heteroatoms. The lowest BCUT2D eigenvalue weighted by atomic mass is 9.61. The number of aliphatic hydroxyl groups is 1. The minimum absolute atomic E-state index is 0.0222. The van der Waals surface area contributed by atoms with Crippen LogP contribution in [0.25, 0.3) is 0 Å². The van der Waals surface area contributed by atoms with Crippen molar-refractivity contribution < 1.29 is 9.84 Å². The zero-order valence-electron chi connectivity index (χ0n) is 20.7. The molecule has 2 fully saturated rings. The zero-order chi connectivity index (χ0) is 23.8. The van der Waals surface area contributed by atoms with Crippen molar-refractivity contribution in [3.05, 3.63) is 17.8 Å². The second-order valence-electron chi connectivity index (χ2n) is 10.8. The van der Waals surface area contributed by atoms with E-state index >= 15 is 0 Å². The quantitative estimate of drug-likeness (QED) is 0.476. The van der Waals surface area contributed by atoms with Crippen LogP contribution in [0.15, 0.2) is 12.1 Å². The Hall–Kier alpha value is -2.39. The van der Waals surface area contributed by atoms with Gasteiger partial charge >= 0.3 is 0 Å². The Morgan fingerprint density at radius 1 is 1.24 bits per heavy atom. The van der Waals surface area contributed by atoms with E-state index in [1.54, 1.807) is 0 Å². The summed E-state index contributed by atoms with van der Waals surface area (Å²) in [6.07, 6.45) is 3.94. The van der Waals surface area contributed by atoms with E-state index in [1.165, 1.54) is 0 Å². The van der Waals surface area contributed by atoms with Crippen molar-refractivity contribution in [1.29, 1.82) is 0 Å². The van der Waals surface area contributed by atoms with E-state index in [2.05, 4.69) is 32.7 Å². The van der Waals surface area contributed by atoms with E-state index in [9.17, 15) is 5.11 Å². The minimum Gasteiger partial charge on any atom is -0.473 e. The molecule has 2 aromatic heterocycles. The van der Waals surface area contributed by atoms with Crippen molar-refractivity contribution in [1.82, 2.24) is 25.1 Å². The predicted molar refractivity (Wildman–Crippen MR) is 130 cm³/mol. The molecule has 2 aromatic rings. The third-order valence-electron chi connectivity index (χ3n) is 6.80. The van der Waals surface area contributed by atoms with E-state index in [1.807, 2.05) is 47.0 Å². The van der Waals surface area contributed by atoms with Crippen LogP contribution in [0.2, 0.25) is 0 Å². The summed E-state index contributed by atoms with van der Waals surface area (Å²) in [7, 11) is 4.05. The first-order chi connectivity index (χ1) is 15.6. The van der Waals surface area contributed by atoms with E-state index in [-0.39, 0.29) is 12.1 Å². The number of nitrogens with zero attached hydrogens (tertiary/aromatic N) is 4. The van der Waals surface area contributed by atoms with Gasteiger partial charge in [0.15, 0.2) is 5.82 Å². The van der Waals surface area contributed by atoms with Crippen LogP contribution >= 0.6 is 0 Å². The number of rotatable bonds is 8. The van der Waals surface area contributed by atoms with Crippen molar-refractivity contribution in [2.75, 3.05) is 31.3 Å². The van der Waals surface area contributed by atoms with Gasteiger partial charge < -0.3 is 25.4 Å². The number of aryl methyl sites for hydroxylation is 1. The normalized spacial score (nSPS) is 30.2. The largest absolute Gasteiger partial charge is 0.473 e. The summed E-state index contributed by atoms with van der Waals surface area (Å²) < 4.78 is 6.14. The molecular weight excluding hydrogens is 418 g/mol. The highest BCUT2D eigenvalue weighted by Gasteiger charge is 2.45. The van der Waals surface area contributed by atoms with Crippen LogP contribution in [-0.2, 0) is 0 Å². The second-order valence-corrected chi connectivity index (χ2v) is 10.8. The van der Waals surface area contributed by atoms with Gasteiger partial charge in [0.1, 0.15) is 11.9 Å². The number of aromatic nitrogens is 4. The molecule has 4 N–H and O–H groups in total. The molecule has 33 heavy (non-hydrogen) atoms. The Morgan fingerprint density at radius 3 is 2.73 bits per heavy atom. The Kier molecular flexibility index (Phi) is 6.81. The summed E-state index contributed by atoms with van der Waals surface area (Å²) in [4.78, 5) is 11.5. The molecule has 0 spiro atoms. The van der Waals surface area contributed by atoms with Crippen molar-refractivity contribution in [3.63, 3.8) is 0 Å². The van der Waals surface area contributed by atoms with Crippen LogP contribution in [0.5, 0.6) is 5.88 Å². The summed E-state index contributed by atoms with van der Waals surface area (Å²) in [5.41, 5.74) is 0.377. The van der Waals surface area contributed by atoms with Gasteiger partial charge in [-0.3, -0.25) is 5.10 Å². The molecule has 0 radical (unpaired) electrons. The van der Waals surface area contributed by atoms with Gasteiger partial charge in [0.2, 0.25) is 11.8 Å². The fourth-order valence-corrected chi connectivity index (χ4v) is 5.85. The molecule has 0 aliphatic heterocycles. The predicted octanol–water partition coefficient (Wildman–Crippen LogP) is 3.57. The Balaban J connectivity index is 1.57. The number of hydrogen-bond acceptors (Lipinski definition) is 8. The minimum atomic E-state index is -0.592. The van der Waals surface area contributed by atoms with Crippen LogP contribution in [0.4, 0.5) is 17.6 Å². The molecule has 182 valence electrons. The maximum Gasteiger partial charge on any atom is 0.228 e. The van der Waals surface area contributed by atoms with Crippen LogP contribution < -0.4 is 15.4 Å². The Morgan fingerprint density at radius 2 is 2.03 bits per heavy atom. The highest BCUT2D eigenvalue weighted by Crippen LogP contribution is 2.47. The lowest BCUT2D eigenvalue weighted by Crippen LogP contribution is -2.50. The molecule has 6 atom stereocenters. The number of nitrogens with one attached hydrogen (secondary N) is 3. The van der Waals surface area contributed by atoms with E-state index in [0.29, 0.717) is 41.2 Å². The first-order valence-corrected chi connectivity index (χ1v) is 12.0.